The lowest BCUT2D eigenvalue weighted by atomic mass is 10.1. The Bertz CT molecular complexity index is 822. The van der Waals surface area contributed by atoms with Crippen LogP contribution in [-0.4, -0.2) is 42.0 Å². The van der Waals surface area contributed by atoms with E-state index < -0.39 is 0 Å². The highest BCUT2D eigenvalue weighted by atomic mass is 32.1. The zero-order chi connectivity index (χ0) is 20.1. The summed E-state index contributed by atoms with van der Waals surface area (Å²) in [7, 11) is 1.86. The molecule has 0 spiro atoms. The number of carbonyl (C=O) groups excluding carboxylic acids is 2. The lowest BCUT2D eigenvalue weighted by Crippen LogP contribution is -2.30. The van der Waals surface area contributed by atoms with Gasteiger partial charge in [0, 0.05) is 5.69 Å². The van der Waals surface area contributed by atoms with E-state index in [1.165, 1.54) is 16.9 Å². The Morgan fingerprint density at radius 3 is 2.41 bits per heavy atom. The van der Waals surface area contributed by atoms with Crippen molar-refractivity contribution in [2.45, 2.75) is 41.2 Å². The van der Waals surface area contributed by atoms with Gasteiger partial charge >= 0.3 is 5.97 Å². The van der Waals surface area contributed by atoms with Gasteiger partial charge < -0.3 is 10.1 Å². The molecule has 0 radical (unpaired) electrons. The molecule has 0 unspecified atom stereocenters. The largest absolute Gasteiger partial charge is 0.462 e. The highest BCUT2D eigenvalue weighted by Crippen LogP contribution is 2.22. The van der Waals surface area contributed by atoms with Gasteiger partial charge in [0.25, 0.3) is 0 Å². The number of rotatable bonds is 7. The molecule has 7 heteroatoms. The molecule has 146 valence electrons. The van der Waals surface area contributed by atoms with Gasteiger partial charge in [0.2, 0.25) is 5.91 Å². The Morgan fingerprint density at radius 1 is 1.19 bits per heavy atom. The normalized spacial score (nSPS) is 10.9. The second-order valence-electron chi connectivity index (χ2n) is 6.74. The maximum atomic E-state index is 12.4. The molecule has 1 aromatic carbocycles. The van der Waals surface area contributed by atoms with Gasteiger partial charge in [0.05, 0.1) is 25.4 Å². The van der Waals surface area contributed by atoms with E-state index in [-0.39, 0.29) is 18.4 Å². The molecule has 0 fully saturated rings. The summed E-state index contributed by atoms with van der Waals surface area (Å²) < 4.78 is 5.04. The van der Waals surface area contributed by atoms with Crippen molar-refractivity contribution in [3.63, 3.8) is 0 Å². The van der Waals surface area contributed by atoms with E-state index >= 15 is 0 Å². The minimum atomic E-state index is -0.343. The monoisotopic (exact) mass is 389 g/mol. The van der Waals surface area contributed by atoms with Crippen molar-refractivity contribution in [2.75, 3.05) is 25.5 Å². The number of aromatic nitrogens is 1. The van der Waals surface area contributed by atoms with Crippen molar-refractivity contribution >= 4 is 28.9 Å². The van der Waals surface area contributed by atoms with Crippen LogP contribution in [0.15, 0.2) is 12.1 Å². The van der Waals surface area contributed by atoms with Crippen LogP contribution in [-0.2, 0) is 16.1 Å². The number of nitrogens with one attached hydrogen (secondary N) is 1. The van der Waals surface area contributed by atoms with Crippen molar-refractivity contribution in [3.8, 4) is 0 Å². The van der Waals surface area contributed by atoms with Gasteiger partial charge in [0.15, 0.2) is 0 Å². The summed E-state index contributed by atoms with van der Waals surface area (Å²) in [5.41, 5.74) is 4.82. The smallest absolute Gasteiger partial charge is 0.350 e. The Labute approximate surface area is 164 Å². The Kier molecular flexibility index (Phi) is 7.10. The SMILES string of the molecule is CCOC(=O)c1sc(CN(C)CC(=O)Nc2c(C)cc(C)cc2C)nc1C. The number of benzene rings is 1. The number of ether oxygens (including phenoxy) is 1. The second kappa shape index (κ2) is 9.10. The Hall–Kier alpha value is -2.25. The third-order valence-corrected chi connectivity index (χ3v) is 5.18. The summed E-state index contributed by atoms with van der Waals surface area (Å²) in [4.78, 5) is 31.2. The lowest BCUT2D eigenvalue weighted by Gasteiger charge is -2.17. The van der Waals surface area contributed by atoms with Crippen molar-refractivity contribution in [2.24, 2.45) is 0 Å². The molecule has 0 aliphatic carbocycles. The molecule has 6 nitrogen and oxygen atoms in total. The fourth-order valence-corrected chi connectivity index (χ4v) is 4.03. The second-order valence-corrected chi connectivity index (χ2v) is 7.82. The maximum Gasteiger partial charge on any atom is 0.350 e. The molecular weight excluding hydrogens is 362 g/mol. The molecule has 1 heterocycles. The van der Waals surface area contributed by atoms with Crippen LogP contribution < -0.4 is 5.32 Å². The van der Waals surface area contributed by atoms with E-state index in [9.17, 15) is 9.59 Å². The topological polar surface area (TPSA) is 71.5 Å². The van der Waals surface area contributed by atoms with Gasteiger partial charge in [-0.25, -0.2) is 9.78 Å². The summed E-state index contributed by atoms with van der Waals surface area (Å²) in [6, 6.07) is 4.11. The van der Waals surface area contributed by atoms with Crippen LogP contribution in [0.25, 0.3) is 0 Å². The molecule has 2 rings (SSSR count). The molecule has 1 amide bonds. The third-order valence-electron chi connectivity index (χ3n) is 4.06. The van der Waals surface area contributed by atoms with E-state index in [1.807, 2.05) is 32.7 Å². The zero-order valence-corrected chi connectivity index (χ0v) is 17.6. The number of nitrogens with zero attached hydrogens (tertiary/aromatic N) is 2. The molecule has 1 N–H and O–H groups in total. The fourth-order valence-electron chi connectivity index (χ4n) is 2.99. The number of thiazole rings is 1. The van der Waals surface area contributed by atoms with Crippen LogP contribution in [0.5, 0.6) is 0 Å². The first kappa shape index (κ1) is 21.1. The summed E-state index contributed by atoms with van der Waals surface area (Å²) in [6.45, 7) is 10.7. The number of carbonyl (C=O) groups is 2. The quantitative estimate of drug-likeness (QED) is 0.732. The Morgan fingerprint density at radius 2 is 1.81 bits per heavy atom. The van der Waals surface area contributed by atoms with Gasteiger partial charge in [-0.05, 0) is 52.8 Å². The van der Waals surface area contributed by atoms with Gasteiger partial charge in [-0.2, -0.15) is 0 Å². The molecule has 2 aromatic rings. The summed E-state index contributed by atoms with van der Waals surface area (Å²) in [5, 5.41) is 3.79. The minimum absolute atomic E-state index is 0.0774. The number of hydrogen-bond donors (Lipinski definition) is 1. The van der Waals surface area contributed by atoms with E-state index in [2.05, 4.69) is 22.4 Å². The molecule has 0 bridgehead atoms. The van der Waals surface area contributed by atoms with E-state index in [4.69, 9.17) is 4.74 Å². The first-order chi connectivity index (χ1) is 12.7. The predicted octanol–water partition coefficient (Wildman–Crippen LogP) is 3.62. The van der Waals surface area contributed by atoms with Gasteiger partial charge in [-0.15, -0.1) is 11.3 Å². The average Bonchev–Trinajstić information content (AvgIpc) is 2.91. The first-order valence-electron chi connectivity index (χ1n) is 8.91. The summed E-state index contributed by atoms with van der Waals surface area (Å²) in [6.07, 6.45) is 0. The van der Waals surface area contributed by atoms with E-state index in [0.29, 0.717) is 23.7 Å². The van der Waals surface area contributed by atoms with Crippen LogP contribution in [0, 0.1) is 27.7 Å². The van der Waals surface area contributed by atoms with E-state index in [0.717, 1.165) is 21.8 Å². The molecule has 0 saturated heterocycles. The zero-order valence-electron chi connectivity index (χ0n) is 16.8. The number of hydrogen-bond acceptors (Lipinski definition) is 6. The number of anilines is 1. The maximum absolute atomic E-state index is 12.4. The highest BCUT2D eigenvalue weighted by Gasteiger charge is 2.18. The van der Waals surface area contributed by atoms with Crippen molar-refractivity contribution in [1.82, 2.24) is 9.88 Å². The van der Waals surface area contributed by atoms with Crippen LogP contribution in [0.3, 0.4) is 0 Å². The highest BCUT2D eigenvalue weighted by molar-refractivity contribution is 7.13. The number of esters is 1. The van der Waals surface area contributed by atoms with Gasteiger partial charge in [-0.1, -0.05) is 17.7 Å². The van der Waals surface area contributed by atoms with Crippen molar-refractivity contribution in [3.05, 3.63) is 44.4 Å². The molecule has 0 saturated carbocycles. The Balaban J connectivity index is 1.98. The van der Waals surface area contributed by atoms with Crippen LogP contribution >= 0.6 is 11.3 Å². The predicted molar refractivity (Wildman–Crippen MR) is 108 cm³/mol. The molecule has 0 aliphatic rings. The molecule has 0 aliphatic heterocycles. The number of aryl methyl sites for hydroxylation is 4. The van der Waals surface area contributed by atoms with Crippen molar-refractivity contribution < 1.29 is 14.3 Å². The third kappa shape index (κ3) is 5.61. The van der Waals surface area contributed by atoms with Gasteiger partial charge in [-0.3, -0.25) is 9.69 Å². The molecule has 27 heavy (non-hydrogen) atoms. The van der Waals surface area contributed by atoms with Crippen LogP contribution in [0.4, 0.5) is 5.69 Å². The molecule has 0 atom stereocenters. The minimum Gasteiger partial charge on any atom is -0.462 e. The van der Waals surface area contributed by atoms with Crippen molar-refractivity contribution in [1.29, 1.82) is 0 Å². The van der Waals surface area contributed by atoms with Crippen LogP contribution in [0.2, 0.25) is 0 Å². The summed E-state index contributed by atoms with van der Waals surface area (Å²) >= 11 is 1.31. The standard InChI is InChI=1S/C20H27N3O3S/c1-7-26-20(25)19-15(5)21-17(27-19)11-23(6)10-16(24)22-18-13(3)8-12(2)9-14(18)4/h8-9H,7,10-11H2,1-6H3,(H,22,24). The summed E-state index contributed by atoms with van der Waals surface area (Å²) in [5.74, 6) is -0.420. The molecule has 1 aromatic heterocycles. The number of likely N-dealkylation sites (N-methyl/N-ethyl adjacent to an activating group) is 1. The number of amides is 1. The van der Waals surface area contributed by atoms with E-state index in [1.54, 1.807) is 13.8 Å². The molecular formula is C20H27N3O3S. The lowest BCUT2D eigenvalue weighted by molar-refractivity contribution is -0.117. The first-order valence-corrected chi connectivity index (χ1v) is 9.72. The van der Waals surface area contributed by atoms with Gasteiger partial charge in [0.1, 0.15) is 9.88 Å². The van der Waals surface area contributed by atoms with Crippen LogP contribution in [0.1, 0.15) is 44.0 Å². The fraction of sp³-hybridized carbons (Fsp3) is 0.450. The average molecular weight is 390 g/mol.